The van der Waals surface area contributed by atoms with Gasteiger partial charge in [0, 0.05) is 18.2 Å². The summed E-state index contributed by atoms with van der Waals surface area (Å²) in [6.07, 6.45) is -2.00. The molecule has 0 saturated heterocycles. The van der Waals surface area contributed by atoms with Crippen LogP contribution in [0.15, 0.2) is 59.3 Å². The van der Waals surface area contributed by atoms with Crippen molar-refractivity contribution in [3.63, 3.8) is 0 Å². The Morgan fingerprint density at radius 1 is 0.854 bits per heavy atom. The largest absolute Gasteiger partial charge is 0.378 e. The summed E-state index contributed by atoms with van der Waals surface area (Å²) in [7, 11) is 0. The SMILES string of the molecule is CC(C)N1C(=O)C(NC(=O)C(NC(=O)C(O)c2cc(F)cc(F)c2)c2ccsc2)C(=O)N(C(C)C)c2ccccc21. The van der Waals surface area contributed by atoms with Gasteiger partial charge in [-0.25, -0.2) is 8.78 Å². The first-order valence-electron chi connectivity index (χ1n) is 12.9. The van der Waals surface area contributed by atoms with Crippen molar-refractivity contribution < 1.29 is 33.1 Å². The van der Waals surface area contributed by atoms with Crippen molar-refractivity contribution in [3.8, 4) is 0 Å². The molecule has 3 aromatic rings. The Morgan fingerprint density at radius 3 is 1.85 bits per heavy atom. The van der Waals surface area contributed by atoms with Crippen molar-refractivity contribution in [1.29, 1.82) is 0 Å². The topological polar surface area (TPSA) is 119 Å². The van der Waals surface area contributed by atoms with Crippen molar-refractivity contribution in [1.82, 2.24) is 10.6 Å². The van der Waals surface area contributed by atoms with E-state index in [0.29, 0.717) is 23.0 Å². The maximum Gasteiger partial charge on any atom is 0.259 e. The zero-order valence-electron chi connectivity index (χ0n) is 22.8. The van der Waals surface area contributed by atoms with E-state index in [2.05, 4.69) is 10.6 Å². The average molecular weight is 585 g/mol. The molecule has 2 aromatic carbocycles. The first kappa shape index (κ1) is 29.8. The number of para-hydroxylation sites is 2. The van der Waals surface area contributed by atoms with Crippen LogP contribution in [0, 0.1) is 11.6 Å². The highest BCUT2D eigenvalue weighted by Gasteiger charge is 2.44. The molecule has 0 bridgehead atoms. The standard InChI is InChI=1S/C29H30F2N4O5S/c1-15(2)34-21-7-5-6-8-22(21)35(16(3)4)29(40)24(28(34)39)33-26(37)23(17-9-10-41-14-17)32-27(38)25(36)18-11-19(30)13-20(31)12-18/h5-16,23-25,36H,1-4H3,(H,32,38)(H,33,37). The van der Waals surface area contributed by atoms with Crippen LogP contribution in [-0.2, 0) is 19.2 Å². The number of hydrogen-bond acceptors (Lipinski definition) is 6. The molecule has 4 amide bonds. The third-order valence-corrected chi connectivity index (χ3v) is 7.26. The summed E-state index contributed by atoms with van der Waals surface area (Å²) in [5, 5.41) is 18.6. The Morgan fingerprint density at radius 2 is 1.39 bits per heavy atom. The second-order valence-electron chi connectivity index (χ2n) is 10.1. The Kier molecular flexibility index (Phi) is 8.83. The van der Waals surface area contributed by atoms with Crippen molar-refractivity contribution in [2.75, 3.05) is 9.80 Å². The lowest BCUT2D eigenvalue weighted by molar-refractivity contribution is -0.137. The van der Waals surface area contributed by atoms with E-state index in [9.17, 15) is 33.1 Å². The van der Waals surface area contributed by atoms with Gasteiger partial charge in [-0.2, -0.15) is 11.3 Å². The third-order valence-electron chi connectivity index (χ3n) is 6.56. The average Bonchev–Trinajstić information content (AvgIpc) is 3.41. The fourth-order valence-electron chi connectivity index (χ4n) is 4.75. The number of thiophene rings is 1. The van der Waals surface area contributed by atoms with Gasteiger partial charge in [-0.3, -0.25) is 19.2 Å². The molecule has 2 heterocycles. The highest BCUT2D eigenvalue weighted by Crippen LogP contribution is 2.36. The van der Waals surface area contributed by atoms with Crippen molar-refractivity contribution >= 4 is 46.3 Å². The van der Waals surface area contributed by atoms with E-state index in [-0.39, 0.29) is 17.6 Å². The van der Waals surface area contributed by atoms with Crippen LogP contribution in [0.3, 0.4) is 0 Å². The molecule has 0 fully saturated rings. The predicted molar refractivity (Wildman–Crippen MR) is 150 cm³/mol. The molecule has 2 atom stereocenters. The van der Waals surface area contributed by atoms with Crippen LogP contribution in [0.25, 0.3) is 0 Å². The Balaban J connectivity index is 1.66. The minimum absolute atomic E-state index is 0.316. The molecule has 12 heteroatoms. The number of carbonyl (C=O) groups is 4. The number of halogens is 2. The van der Waals surface area contributed by atoms with Crippen molar-refractivity contribution in [2.45, 2.75) is 58.0 Å². The van der Waals surface area contributed by atoms with Gasteiger partial charge >= 0.3 is 0 Å². The molecule has 1 aromatic heterocycles. The molecular formula is C29H30F2N4O5S. The molecule has 2 unspecified atom stereocenters. The number of aliphatic hydroxyl groups is 1. The van der Waals surface area contributed by atoms with Crippen LogP contribution in [0.4, 0.5) is 20.2 Å². The van der Waals surface area contributed by atoms with Crippen LogP contribution in [-0.4, -0.2) is 46.9 Å². The van der Waals surface area contributed by atoms with Crippen LogP contribution < -0.4 is 20.4 Å². The van der Waals surface area contributed by atoms with E-state index < -0.39 is 53.5 Å². The second-order valence-corrected chi connectivity index (χ2v) is 10.9. The van der Waals surface area contributed by atoms with E-state index in [0.717, 1.165) is 12.1 Å². The number of fused-ring (bicyclic) bond motifs is 1. The molecule has 9 nitrogen and oxygen atoms in total. The molecule has 0 saturated carbocycles. The van der Waals surface area contributed by atoms with Crippen LogP contribution >= 0.6 is 11.3 Å². The molecular weight excluding hydrogens is 554 g/mol. The first-order valence-corrected chi connectivity index (χ1v) is 13.9. The van der Waals surface area contributed by atoms with Gasteiger partial charge < -0.3 is 25.5 Å². The lowest BCUT2D eigenvalue weighted by Crippen LogP contribution is -2.59. The zero-order valence-corrected chi connectivity index (χ0v) is 23.6. The van der Waals surface area contributed by atoms with Gasteiger partial charge in [0.05, 0.1) is 11.4 Å². The Hall–Kier alpha value is -4.16. The molecule has 0 spiro atoms. The monoisotopic (exact) mass is 584 g/mol. The maximum atomic E-state index is 13.8. The molecule has 1 aliphatic heterocycles. The Bertz CT molecular complexity index is 1400. The number of aliphatic hydroxyl groups excluding tert-OH is 1. The number of anilines is 2. The molecule has 1 aliphatic rings. The van der Waals surface area contributed by atoms with Gasteiger partial charge in [-0.05, 0) is 79.9 Å². The number of benzene rings is 2. The van der Waals surface area contributed by atoms with Crippen LogP contribution in [0.1, 0.15) is 51.0 Å². The minimum Gasteiger partial charge on any atom is -0.378 e. The first-order chi connectivity index (χ1) is 19.4. The van der Waals surface area contributed by atoms with Crippen LogP contribution in [0.2, 0.25) is 0 Å². The summed E-state index contributed by atoms with van der Waals surface area (Å²) in [5.41, 5.74) is 0.993. The predicted octanol–water partition coefficient (Wildman–Crippen LogP) is 3.60. The van der Waals surface area contributed by atoms with E-state index in [4.69, 9.17) is 0 Å². The van der Waals surface area contributed by atoms with Crippen molar-refractivity contribution in [2.24, 2.45) is 0 Å². The van der Waals surface area contributed by atoms with Gasteiger partial charge in [0.2, 0.25) is 5.91 Å². The fourth-order valence-corrected chi connectivity index (χ4v) is 5.44. The molecule has 0 aliphatic carbocycles. The smallest absolute Gasteiger partial charge is 0.259 e. The Labute approximate surface area is 239 Å². The number of carbonyl (C=O) groups excluding carboxylic acids is 4. The lowest BCUT2D eigenvalue weighted by Gasteiger charge is -2.29. The number of hydrogen-bond donors (Lipinski definition) is 3. The minimum atomic E-state index is -2.00. The van der Waals surface area contributed by atoms with E-state index in [1.165, 1.54) is 21.1 Å². The third kappa shape index (κ3) is 6.13. The molecule has 0 radical (unpaired) electrons. The highest BCUT2D eigenvalue weighted by molar-refractivity contribution is 7.08. The van der Waals surface area contributed by atoms with E-state index >= 15 is 0 Å². The normalized spacial score (nSPS) is 15.5. The molecule has 216 valence electrons. The molecule has 41 heavy (non-hydrogen) atoms. The summed E-state index contributed by atoms with van der Waals surface area (Å²) in [5.74, 6) is -5.29. The van der Waals surface area contributed by atoms with E-state index in [1.54, 1.807) is 68.8 Å². The summed E-state index contributed by atoms with van der Waals surface area (Å²) < 4.78 is 27.4. The highest BCUT2D eigenvalue weighted by atomic mass is 32.1. The van der Waals surface area contributed by atoms with Crippen LogP contribution in [0.5, 0.6) is 0 Å². The zero-order chi connectivity index (χ0) is 30.0. The van der Waals surface area contributed by atoms with Gasteiger partial charge in [0.25, 0.3) is 17.7 Å². The second kappa shape index (κ2) is 12.1. The van der Waals surface area contributed by atoms with E-state index in [1.807, 2.05) is 0 Å². The van der Waals surface area contributed by atoms with Gasteiger partial charge in [-0.1, -0.05) is 12.1 Å². The van der Waals surface area contributed by atoms with Gasteiger partial charge in [-0.15, -0.1) is 0 Å². The number of rotatable bonds is 8. The fraction of sp³-hybridized carbons (Fsp3) is 0.310. The quantitative estimate of drug-likeness (QED) is 0.350. The van der Waals surface area contributed by atoms with Gasteiger partial charge in [0.1, 0.15) is 17.7 Å². The number of amides is 4. The molecule has 3 N–H and O–H groups in total. The lowest BCUT2D eigenvalue weighted by atomic mass is 10.1. The summed E-state index contributed by atoms with van der Waals surface area (Å²) >= 11 is 1.23. The molecule has 4 rings (SSSR count). The van der Waals surface area contributed by atoms with Gasteiger partial charge in [0.15, 0.2) is 12.1 Å². The number of nitrogens with zero attached hydrogens (tertiary/aromatic N) is 2. The van der Waals surface area contributed by atoms with Crippen molar-refractivity contribution in [3.05, 3.63) is 82.1 Å². The maximum absolute atomic E-state index is 13.8. The number of nitrogens with one attached hydrogen (secondary N) is 2. The summed E-state index contributed by atoms with van der Waals surface area (Å²) in [4.78, 5) is 57.2. The summed E-state index contributed by atoms with van der Waals surface area (Å²) in [6.45, 7) is 7.14. The summed E-state index contributed by atoms with van der Waals surface area (Å²) in [6, 6.07) is 6.91.